The number of hydrogen-bond acceptors (Lipinski definition) is 4. The van der Waals surface area contributed by atoms with Crippen LogP contribution in [0.25, 0.3) is 0 Å². The Hall–Kier alpha value is -1.38. The number of hydrogen-bond donors (Lipinski definition) is 0. The second kappa shape index (κ2) is 4.13. The minimum atomic E-state index is -4.51. The van der Waals surface area contributed by atoms with Gasteiger partial charge in [-0.05, 0) is 6.92 Å². The highest BCUT2D eigenvalue weighted by molar-refractivity contribution is 7.15. The topological polar surface area (TPSA) is 49.3 Å². The third kappa shape index (κ3) is 2.19. The Balaban J connectivity index is 2.19. The Morgan fingerprint density at radius 1 is 1.35 bits per heavy atom. The summed E-state index contributed by atoms with van der Waals surface area (Å²) in [5, 5.41) is 5.43. The molecule has 1 saturated heterocycles. The predicted octanol–water partition coefficient (Wildman–Crippen LogP) is 1.82. The van der Waals surface area contributed by atoms with E-state index in [0.29, 0.717) is 31.0 Å². The second-order valence-corrected chi connectivity index (χ2v) is 4.36. The molecule has 2 amide bonds. The van der Waals surface area contributed by atoms with Crippen molar-refractivity contribution in [2.75, 3.05) is 24.5 Å². The summed E-state index contributed by atoms with van der Waals surface area (Å²) in [6.45, 7) is 3.18. The summed E-state index contributed by atoms with van der Waals surface area (Å²) in [6.07, 6.45) is -4.51. The fourth-order valence-electron chi connectivity index (χ4n) is 1.49. The van der Waals surface area contributed by atoms with Gasteiger partial charge < -0.3 is 4.90 Å². The van der Waals surface area contributed by atoms with Gasteiger partial charge in [0.05, 0.1) is 0 Å². The Bertz CT molecular complexity index is 433. The van der Waals surface area contributed by atoms with E-state index >= 15 is 0 Å². The lowest BCUT2D eigenvalue weighted by Crippen LogP contribution is -2.31. The molecule has 0 saturated carbocycles. The summed E-state index contributed by atoms with van der Waals surface area (Å²) in [7, 11) is 0. The van der Waals surface area contributed by atoms with Crippen LogP contribution in [0.1, 0.15) is 11.9 Å². The van der Waals surface area contributed by atoms with Crippen molar-refractivity contribution in [1.29, 1.82) is 0 Å². The summed E-state index contributed by atoms with van der Waals surface area (Å²) in [5.41, 5.74) is 0. The Morgan fingerprint density at radius 2 is 2.06 bits per heavy atom. The fraction of sp³-hybridized carbons (Fsp3) is 0.625. The number of alkyl halides is 3. The van der Waals surface area contributed by atoms with E-state index in [0.717, 1.165) is 0 Å². The van der Waals surface area contributed by atoms with Gasteiger partial charge in [0.1, 0.15) is 0 Å². The van der Waals surface area contributed by atoms with Crippen LogP contribution in [0.3, 0.4) is 0 Å². The first-order valence-electron chi connectivity index (χ1n) is 4.90. The summed E-state index contributed by atoms with van der Waals surface area (Å²) < 4.78 is 37.0. The molecule has 1 aliphatic rings. The first kappa shape index (κ1) is 12.1. The van der Waals surface area contributed by atoms with Gasteiger partial charge in [0, 0.05) is 19.6 Å². The lowest BCUT2D eigenvalue weighted by atomic mass is 10.6. The molecule has 5 nitrogen and oxygen atoms in total. The van der Waals surface area contributed by atoms with Gasteiger partial charge in [-0.1, -0.05) is 11.3 Å². The highest BCUT2D eigenvalue weighted by atomic mass is 32.1. The molecule has 2 heterocycles. The van der Waals surface area contributed by atoms with E-state index in [1.165, 1.54) is 9.80 Å². The Morgan fingerprint density at radius 3 is 2.53 bits per heavy atom. The van der Waals surface area contributed by atoms with Crippen molar-refractivity contribution in [3.8, 4) is 0 Å². The van der Waals surface area contributed by atoms with E-state index < -0.39 is 11.2 Å². The van der Waals surface area contributed by atoms with Crippen molar-refractivity contribution < 1.29 is 18.0 Å². The molecule has 0 aliphatic carbocycles. The fourth-order valence-corrected chi connectivity index (χ4v) is 2.22. The molecule has 1 aliphatic heterocycles. The van der Waals surface area contributed by atoms with Crippen molar-refractivity contribution in [1.82, 2.24) is 15.1 Å². The van der Waals surface area contributed by atoms with Crippen LogP contribution in [0, 0.1) is 0 Å². The van der Waals surface area contributed by atoms with Gasteiger partial charge in [0.2, 0.25) is 10.1 Å². The van der Waals surface area contributed by atoms with Crippen molar-refractivity contribution in [3.63, 3.8) is 0 Å². The molecule has 0 aromatic carbocycles. The van der Waals surface area contributed by atoms with Gasteiger partial charge in [0.15, 0.2) is 0 Å². The number of carbonyl (C=O) groups is 1. The summed E-state index contributed by atoms with van der Waals surface area (Å²) >= 11 is 0.385. The number of aromatic nitrogens is 2. The molecule has 94 valence electrons. The van der Waals surface area contributed by atoms with Crippen LogP contribution in [0.4, 0.5) is 23.1 Å². The van der Waals surface area contributed by atoms with Crippen molar-refractivity contribution in [2.45, 2.75) is 13.1 Å². The summed E-state index contributed by atoms with van der Waals surface area (Å²) in [5.74, 6) is 0. The summed E-state index contributed by atoms with van der Waals surface area (Å²) in [4.78, 5) is 14.5. The molecule has 0 atom stereocenters. The van der Waals surface area contributed by atoms with Crippen LogP contribution >= 0.6 is 11.3 Å². The van der Waals surface area contributed by atoms with Gasteiger partial charge in [-0.25, -0.2) is 4.79 Å². The van der Waals surface area contributed by atoms with Gasteiger partial charge in [-0.3, -0.25) is 4.90 Å². The quantitative estimate of drug-likeness (QED) is 0.820. The van der Waals surface area contributed by atoms with E-state index in [1.807, 2.05) is 6.92 Å². The second-order valence-electron chi connectivity index (χ2n) is 3.40. The smallest absolute Gasteiger partial charge is 0.323 e. The number of anilines is 1. The van der Waals surface area contributed by atoms with E-state index in [9.17, 15) is 18.0 Å². The normalized spacial score (nSPS) is 17.1. The molecule has 1 aromatic rings. The molecule has 0 spiro atoms. The zero-order valence-electron chi connectivity index (χ0n) is 8.86. The van der Waals surface area contributed by atoms with Gasteiger partial charge in [0.25, 0.3) is 0 Å². The third-order valence-electron chi connectivity index (χ3n) is 2.36. The maximum absolute atomic E-state index is 12.3. The zero-order valence-corrected chi connectivity index (χ0v) is 9.68. The van der Waals surface area contributed by atoms with Crippen molar-refractivity contribution >= 4 is 22.5 Å². The molecular formula is C8H9F3N4OS. The minimum absolute atomic E-state index is 0.00160. The number of likely N-dealkylation sites (N-methyl/N-ethyl adjacent to an activating group) is 1. The highest BCUT2D eigenvalue weighted by Gasteiger charge is 2.38. The van der Waals surface area contributed by atoms with Crippen LogP contribution in [0.15, 0.2) is 0 Å². The monoisotopic (exact) mass is 266 g/mol. The number of urea groups is 1. The van der Waals surface area contributed by atoms with E-state index in [2.05, 4.69) is 10.2 Å². The Kier molecular flexibility index (Phi) is 2.94. The van der Waals surface area contributed by atoms with E-state index in [1.54, 1.807) is 0 Å². The molecule has 0 radical (unpaired) electrons. The van der Waals surface area contributed by atoms with Crippen molar-refractivity contribution in [2.24, 2.45) is 0 Å². The highest BCUT2D eigenvalue weighted by Crippen LogP contribution is 2.35. The van der Waals surface area contributed by atoms with Crippen LogP contribution in [0.5, 0.6) is 0 Å². The molecule has 1 fully saturated rings. The van der Waals surface area contributed by atoms with Gasteiger partial charge >= 0.3 is 12.2 Å². The number of halogens is 3. The van der Waals surface area contributed by atoms with Crippen LogP contribution < -0.4 is 4.90 Å². The Labute approximate surface area is 98.8 Å². The average Bonchev–Trinajstić information content (AvgIpc) is 2.82. The number of rotatable bonds is 2. The largest absolute Gasteiger partial charge is 0.445 e. The number of amides is 2. The molecule has 0 N–H and O–H groups in total. The number of nitrogens with zero attached hydrogens (tertiary/aromatic N) is 4. The van der Waals surface area contributed by atoms with Gasteiger partial charge in [-0.15, -0.1) is 10.2 Å². The molecule has 17 heavy (non-hydrogen) atoms. The molecule has 1 aromatic heterocycles. The maximum atomic E-state index is 12.3. The molecular weight excluding hydrogens is 257 g/mol. The lowest BCUT2D eigenvalue weighted by molar-refractivity contribution is -0.138. The van der Waals surface area contributed by atoms with E-state index in [4.69, 9.17) is 0 Å². The third-order valence-corrected chi connectivity index (χ3v) is 3.36. The van der Waals surface area contributed by atoms with E-state index in [-0.39, 0.29) is 11.2 Å². The SMILES string of the molecule is CCN1CCN(c2nnc(C(F)(F)F)s2)C1=O. The van der Waals surface area contributed by atoms with Crippen molar-refractivity contribution in [3.05, 3.63) is 5.01 Å². The summed E-state index contributed by atoms with van der Waals surface area (Å²) in [6, 6.07) is -0.322. The van der Waals surface area contributed by atoms with Crippen LogP contribution in [0.2, 0.25) is 0 Å². The minimum Gasteiger partial charge on any atom is -0.323 e. The van der Waals surface area contributed by atoms with Crippen LogP contribution in [-0.2, 0) is 6.18 Å². The van der Waals surface area contributed by atoms with Gasteiger partial charge in [-0.2, -0.15) is 13.2 Å². The first-order valence-corrected chi connectivity index (χ1v) is 5.72. The first-order chi connectivity index (χ1) is 7.93. The molecule has 0 bridgehead atoms. The molecule has 0 unspecified atom stereocenters. The maximum Gasteiger partial charge on any atom is 0.445 e. The average molecular weight is 266 g/mol. The molecule has 2 rings (SSSR count). The van der Waals surface area contributed by atoms with Crippen LogP contribution in [-0.4, -0.2) is 40.8 Å². The molecule has 9 heteroatoms. The lowest BCUT2D eigenvalue weighted by Gasteiger charge is -2.13. The number of carbonyl (C=O) groups excluding carboxylic acids is 1. The predicted molar refractivity (Wildman–Crippen MR) is 54.9 cm³/mol. The zero-order chi connectivity index (χ0) is 12.6. The standard InChI is InChI=1S/C8H9F3N4OS/c1-2-14-3-4-15(7(14)16)6-13-12-5(17-6)8(9,10)11/h2-4H2,1H3.